The second kappa shape index (κ2) is 6.58. The third-order valence-electron chi connectivity index (χ3n) is 3.83. The van der Waals surface area contributed by atoms with Crippen LogP contribution in [0.25, 0.3) is 0 Å². The van der Waals surface area contributed by atoms with Gasteiger partial charge < -0.3 is 9.47 Å². The smallest absolute Gasteiger partial charge is 0.173 e. The first kappa shape index (κ1) is 14.5. The summed E-state index contributed by atoms with van der Waals surface area (Å²) < 4.78 is 11.4. The van der Waals surface area contributed by atoms with E-state index in [1.165, 1.54) is 12.8 Å². The Labute approximate surface area is 129 Å². The predicted octanol–water partition coefficient (Wildman–Crippen LogP) is 3.12. The summed E-state index contributed by atoms with van der Waals surface area (Å²) in [7, 11) is 0. The van der Waals surface area contributed by atoms with Crippen LogP contribution in [0.1, 0.15) is 24.8 Å². The number of hydrogen-bond acceptors (Lipinski definition) is 4. The maximum Gasteiger partial charge on any atom is 0.173 e. The van der Waals surface area contributed by atoms with Gasteiger partial charge >= 0.3 is 0 Å². The highest BCUT2D eigenvalue weighted by Crippen LogP contribution is 2.26. The summed E-state index contributed by atoms with van der Waals surface area (Å²) >= 11 is 11.9. The van der Waals surface area contributed by atoms with Crippen LogP contribution in [0, 0.1) is 0 Å². The summed E-state index contributed by atoms with van der Waals surface area (Å²) in [4.78, 5) is 6.39. The van der Waals surface area contributed by atoms with Crippen LogP contribution < -0.4 is 0 Å². The van der Waals surface area contributed by atoms with Crippen molar-refractivity contribution < 1.29 is 9.47 Å². The minimum Gasteiger partial charge on any atom is -0.349 e. The van der Waals surface area contributed by atoms with Crippen molar-refractivity contribution in [3.05, 3.63) is 28.0 Å². The molecule has 0 aliphatic carbocycles. The Bertz CT molecular complexity index is 446. The number of nitrogens with zero attached hydrogens (tertiary/aromatic N) is 2. The number of hydrogen-bond donors (Lipinski definition) is 0. The van der Waals surface area contributed by atoms with Gasteiger partial charge in [-0.25, -0.2) is 4.98 Å². The second-order valence-electron chi connectivity index (χ2n) is 5.26. The van der Waals surface area contributed by atoms with Gasteiger partial charge in [-0.15, -0.1) is 0 Å². The lowest BCUT2D eigenvalue weighted by Gasteiger charge is -2.38. The molecule has 0 saturated carbocycles. The van der Waals surface area contributed by atoms with Crippen LogP contribution in [0.15, 0.2) is 12.1 Å². The fraction of sp³-hybridized carbons (Fsp3) is 0.643. The first-order chi connectivity index (χ1) is 9.72. The highest BCUT2D eigenvalue weighted by Gasteiger charge is 2.33. The van der Waals surface area contributed by atoms with Crippen molar-refractivity contribution >= 4 is 23.2 Å². The van der Waals surface area contributed by atoms with Gasteiger partial charge in [-0.05, 0) is 37.1 Å². The third kappa shape index (κ3) is 3.43. The minimum absolute atomic E-state index is 0.0944. The van der Waals surface area contributed by atoms with E-state index in [0.29, 0.717) is 29.6 Å². The first-order valence-electron chi connectivity index (χ1n) is 7.01. The normalized spacial score (nSPS) is 25.2. The molecule has 110 valence electrons. The van der Waals surface area contributed by atoms with E-state index in [1.54, 1.807) is 0 Å². The van der Waals surface area contributed by atoms with E-state index in [4.69, 9.17) is 32.7 Å². The molecule has 0 bridgehead atoms. The maximum atomic E-state index is 5.97. The van der Waals surface area contributed by atoms with E-state index in [-0.39, 0.29) is 6.29 Å². The summed E-state index contributed by atoms with van der Waals surface area (Å²) in [6.45, 7) is 3.24. The number of piperidine rings is 1. The van der Waals surface area contributed by atoms with Gasteiger partial charge in [-0.2, -0.15) is 0 Å². The molecule has 0 radical (unpaired) electrons. The summed E-state index contributed by atoms with van der Waals surface area (Å²) in [5.74, 6) is 0. The van der Waals surface area contributed by atoms with Gasteiger partial charge in [-0.1, -0.05) is 29.6 Å². The molecule has 6 heteroatoms. The summed E-state index contributed by atoms with van der Waals surface area (Å²) in [5.41, 5.74) is 1.08. The number of aromatic nitrogens is 1. The Morgan fingerprint density at radius 2 is 1.85 bits per heavy atom. The van der Waals surface area contributed by atoms with Crippen molar-refractivity contribution in [3.63, 3.8) is 0 Å². The molecule has 2 aliphatic heterocycles. The van der Waals surface area contributed by atoms with Crippen molar-refractivity contribution in [2.24, 2.45) is 0 Å². The Morgan fingerprint density at radius 3 is 2.55 bits per heavy atom. The van der Waals surface area contributed by atoms with Crippen molar-refractivity contribution in [3.8, 4) is 0 Å². The molecule has 0 N–H and O–H groups in total. The minimum atomic E-state index is -0.0944. The van der Waals surface area contributed by atoms with Crippen molar-refractivity contribution in [2.75, 3.05) is 19.8 Å². The molecule has 3 rings (SSSR count). The number of ether oxygens (including phenoxy) is 2. The van der Waals surface area contributed by atoms with E-state index in [1.807, 2.05) is 12.1 Å². The molecule has 1 aromatic rings. The lowest BCUT2D eigenvalue weighted by atomic mass is 10.0. The molecule has 2 fully saturated rings. The Balaban J connectivity index is 1.72. The molecule has 4 nitrogen and oxygen atoms in total. The molecule has 20 heavy (non-hydrogen) atoms. The van der Waals surface area contributed by atoms with Crippen LogP contribution in [0.4, 0.5) is 0 Å². The fourth-order valence-corrected chi connectivity index (χ4v) is 3.47. The van der Waals surface area contributed by atoms with Crippen molar-refractivity contribution in [2.45, 2.75) is 38.1 Å². The molecular weight excluding hydrogens is 299 g/mol. The average molecular weight is 317 g/mol. The Morgan fingerprint density at radius 1 is 1.15 bits per heavy atom. The van der Waals surface area contributed by atoms with Crippen LogP contribution in [0.3, 0.4) is 0 Å². The molecule has 0 aromatic carbocycles. The van der Waals surface area contributed by atoms with E-state index in [0.717, 1.165) is 25.1 Å². The second-order valence-corrected chi connectivity index (χ2v) is 6.04. The Hall–Kier alpha value is -0.390. The highest BCUT2D eigenvalue weighted by atomic mass is 35.5. The molecule has 0 amide bonds. The van der Waals surface area contributed by atoms with Crippen LogP contribution in [0.5, 0.6) is 0 Å². The van der Waals surface area contributed by atoms with Gasteiger partial charge in [0.05, 0.1) is 19.3 Å². The standard InChI is InChI=1S/C14H18Cl2N2O2/c15-12-7-10(8-13(16)17-12)9-18-4-2-1-3-11(18)14-19-5-6-20-14/h7-8,11,14H,1-6,9H2. The van der Waals surface area contributed by atoms with Crippen LogP contribution >= 0.6 is 23.2 Å². The predicted molar refractivity (Wildman–Crippen MR) is 78.0 cm³/mol. The zero-order valence-electron chi connectivity index (χ0n) is 11.2. The quantitative estimate of drug-likeness (QED) is 0.802. The Kier molecular flexibility index (Phi) is 4.79. The van der Waals surface area contributed by atoms with Gasteiger partial charge in [-0.3, -0.25) is 4.90 Å². The number of halogens is 2. The van der Waals surface area contributed by atoms with Gasteiger partial charge in [0.15, 0.2) is 6.29 Å². The molecule has 2 saturated heterocycles. The monoisotopic (exact) mass is 316 g/mol. The van der Waals surface area contributed by atoms with E-state index < -0.39 is 0 Å². The topological polar surface area (TPSA) is 34.6 Å². The molecule has 0 spiro atoms. The van der Waals surface area contributed by atoms with Crippen LogP contribution in [0.2, 0.25) is 10.3 Å². The van der Waals surface area contributed by atoms with Gasteiger partial charge in [0.25, 0.3) is 0 Å². The molecule has 1 atom stereocenters. The van der Waals surface area contributed by atoms with Crippen molar-refractivity contribution in [1.29, 1.82) is 0 Å². The summed E-state index contributed by atoms with van der Waals surface area (Å²) in [5, 5.41) is 0.879. The number of rotatable bonds is 3. The molecular formula is C14H18Cl2N2O2. The van der Waals surface area contributed by atoms with Crippen LogP contribution in [-0.2, 0) is 16.0 Å². The third-order valence-corrected chi connectivity index (χ3v) is 4.22. The number of likely N-dealkylation sites (tertiary alicyclic amines) is 1. The molecule has 2 aliphatic rings. The van der Waals surface area contributed by atoms with E-state index in [9.17, 15) is 0 Å². The largest absolute Gasteiger partial charge is 0.349 e. The molecule has 1 aromatic heterocycles. The first-order valence-corrected chi connectivity index (χ1v) is 7.77. The van der Waals surface area contributed by atoms with E-state index >= 15 is 0 Å². The number of pyridine rings is 1. The van der Waals surface area contributed by atoms with Crippen LogP contribution in [-0.4, -0.2) is 42.0 Å². The molecule has 3 heterocycles. The summed E-state index contributed by atoms with van der Waals surface area (Å²) in [6, 6.07) is 4.06. The van der Waals surface area contributed by atoms with Gasteiger partial charge in [0, 0.05) is 6.54 Å². The lowest BCUT2D eigenvalue weighted by Crippen LogP contribution is -2.46. The van der Waals surface area contributed by atoms with Gasteiger partial charge in [0.2, 0.25) is 0 Å². The average Bonchev–Trinajstić information content (AvgIpc) is 2.92. The highest BCUT2D eigenvalue weighted by molar-refractivity contribution is 6.32. The zero-order valence-corrected chi connectivity index (χ0v) is 12.7. The SMILES string of the molecule is Clc1cc(CN2CCCCC2C2OCCO2)cc(Cl)n1. The van der Waals surface area contributed by atoms with Gasteiger partial charge in [0.1, 0.15) is 10.3 Å². The maximum absolute atomic E-state index is 5.97. The van der Waals surface area contributed by atoms with Crippen molar-refractivity contribution in [1.82, 2.24) is 9.88 Å². The summed E-state index contributed by atoms with van der Waals surface area (Å²) in [6.07, 6.45) is 3.44. The lowest BCUT2D eigenvalue weighted by molar-refractivity contribution is -0.111. The zero-order chi connectivity index (χ0) is 13.9. The fourth-order valence-electron chi connectivity index (χ4n) is 2.96. The molecule has 1 unspecified atom stereocenters. The van der Waals surface area contributed by atoms with E-state index in [2.05, 4.69) is 9.88 Å².